The average Bonchev–Trinajstić information content (AvgIpc) is 2.91. The van der Waals surface area contributed by atoms with E-state index in [0.717, 1.165) is 37.7 Å². The Morgan fingerprint density at radius 3 is 2.54 bits per heavy atom. The molecular formula is C22H34IN5. The molecule has 0 aliphatic carbocycles. The minimum absolute atomic E-state index is 0. The molecule has 1 saturated heterocycles. The molecule has 1 fully saturated rings. The largest absolute Gasteiger partial charge is 0.356 e. The molecule has 1 aliphatic heterocycles. The lowest BCUT2D eigenvalue weighted by Crippen LogP contribution is -2.48. The monoisotopic (exact) mass is 495 g/mol. The molecule has 5 nitrogen and oxygen atoms in total. The summed E-state index contributed by atoms with van der Waals surface area (Å²) in [5.41, 5.74) is 5.19. The normalized spacial score (nSPS) is 20.0. The van der Waals surface area contributed by atoms with Crippen molar-refractivity contribution in [3.8, 4) is 0 Å². The first-order valence-corrected chi connectivity index (χ1v) is 10.0. The highest BCUT2D eigenvalue weighted by molar-refractivity contribution is 14.0. The van der Waals surface area contributed by atoms with E-state index in [4.69, 9.17) is 0 Å². The van der Waals surface area contributed by atoms with Crippen LogP contribution in [0.15, 0.2) is 35.3 Å². The second-order valence-corrected chi connectivity index (χ2v) is 7.73. The summed E-state index contributed by atoms with van der Waals surface area (Å²) >= 11 is 0. The van der Waals surface area contributed by atoms with E-state index in [1.807, 2.05) is 18.8 Å². The van der Waals surface area contributed by atoms with E-state index in [2.05, 4.69) is 71.4 Å². The maximum atomic E-state index is 4.54. The van der Waals surface area contributed by atoms with Crippen LogP contribution in [0.4, 0.5) is 0 Å². The van der Waals surface area contributed by atoms with Gasteiger partial charge in [0.2, 0.25) is 0 Å². The zero-order valence-corrected chi connectivity index (χ0v) is 20.1. The Labute approximate surface area is 186 Å². The Balaban J connectivity index is 0.00000280. The van der Waals surface area contributed by atoms with E-state index in [0.29, 0.717) is 11.8 Å². The number of hydrogen-bond acceptors (Lipinski definition) is 2. The fraction of sp³-hybridized carbons (Fsp3) is 0.545. The Hall–Kier alpha value is -1.57. The standard InChI is InChI=1S/C22H33N5.HI/c1-16-15-27(14-12-20(16)19-9-7-6-8-10-19)22(23-4)24-13-11-21-17(2)25-26(5)18(21)3;/h6-10,16,20H,11-15H2,1-5H3,(H,23,24);1H. The maximum absolute atomic E-state index is 4.54. The molecule has 1 aromatic heterocycles. The second-order valence-electron chi connectivity index (χ2n) is 7.73. The summed E-state index contributed by atoms with van der Waals surface area (Å²) in [5.74, 6) is 2.27. The van der Waals surface area contributed by atoms with Crippen molar-refractivity contribution in [2.45, 2.75) is 39.5 Å². The van der Waals surface area contributed by atoms with Crippen LogP contribution in [-0.2, 0) is 13.5 Å². The molecule has 6 heteroatoms. The molecule has 0 bridgehead atoms. The van der Waals surface area contributed by atoms with Crippen molar-refractivity contribution in [3.63, 3.8) is 0 Å². The predicted molar refractivity (Wildman–Crippen MR) is 128 cm³/mol. The number of aromatic nitrogens is 2. The Bertz CT molecular complexity index is 784. The van der Waals surface area contributed by atoms with Crippen LogP contribution >= 0.6 is 24.0 Å². The van der Waals surface area contributed by atoms with E-state index in [-0.39, 0.29) is 24.0 Å². The highest BCUT2D eigenvalue weighted by Crippen LogP contribution is 2.32. The fourth-order valence-electron chi connectivity index (χ4n) is 4.34. The summed E-state index contributed by atoms with van der Waals surface area (Å²) in [7, 11) is 3.90. The first-order valence-electron chi connectivity index (χ1n) is 10.0. The second kappa shape index (κ2) is 10.3. The van der Waals surface area contributed by atoms with Crippen molar-refractivity contribution in [2.75, 3.05) is 26.7 Å². The van der Waals surface area contributed by atoms with Gasteiger partial charge in [0.05, 0.1) is 5.69 Å². The van der Waals surface area contributed by atoms with Crippen LogP contribution in [-0.4, -0.2) is 47.3 Å². The lowest BCUT2D eigenvalue weighted by Gasteiger charge is -2.39. The van der Waals surface area contributed by atoms with Crippen molar-refractivity contribution in [3.05, 3.63) is 52.8 Å². The summed E-state index contributed by atoms with van der Waals surface area (Å²) in [5, 5.41) is 8.08. The maximum Gasteiger partial charge on any atom is 0.193 e. The molecule has 2 unspecified atom stereocenters. The third-order valence-corrected chi connectivity index (χ3v) is 5.96. The number of rotatable bonds is 4. The van der Waals surface area contributed by atoms with Crippen molar-refractivity contribution in [1.82, 2.24) is 20.0 Å². The van der Waals surface area contributed by atoms with Gasteiger partial charge in [-0.05, 0) is 49.7 Å². The van der Waals surface area contributed by atoms with Gasteiger partial charge in [0.15, 0.2) is 5.96 Å². The van der Waals surface area contributed by atoms with Crippen LogP contribution in [0.2, 0.25) is 0 Å². The minimum Gasteiger partial charge on any atom is -0.356 e. The lowest BCUT2D eigenvalue weighted by atomic mass is 9.82. The zero-order chi connectivity index (χ0) is 19.4. The third kappa shape index (κ3) is 5.07. The molecule has 1 aromatic carbocycles. The number of aryl methyl sites for hydroxylation is 2. The summed E-state index contributed by atoms with van der Waals surface area (Å²) in [6.45, 7) is 9.57. The third-order valence-electron chi connectivity index (χ3n) is 5.96. The molecule has 0 spiro atoms. The Kier molecular flexibility index (Phi) is 8.34. The van der Waals surface area contributed by atoms with Crippen LogP contribution in [0.3, 0.4) is 0 Å². The predicted octanol–water partition coefficient (Wildman–Crippen LogP) is 3.90. The van der Waals surface area contributed by atoms with E-state index in [1.165, 1.54) is 23.2 Å². The number of aliphatic imine (C=N–C) groups is 1. The number of likely N-dealkylation sites (tertiary alicyclic amines) is 1. The van der Waals surface area contributed by atoms with Crippen molar-refractivity contribution < 1.29 is 0 Å². The molecule has 0 saturated carbocycles. The lowest BCUT2D eigenvalue weighted by molar-refractivity contribution is 0.234. The Morgan fingerprint density at radius 1 is 1.25 bits per heavy atom. The molecule has 28 heavy (non-hydrogen) atoms. The van der Waals surface area contributed by atoms with E-state index >= 15 is 0 Å². The molecule has 2 heterocycles. The van der Waals surface area contributed by atoms with Gasteiger partial charge in [-0.15, -0.1) is 24.0 Å². The van der Waals surface area contributed by atoms with Crippen molar-refractivity contribution in [2.24, 2.45) is 18.0 Å². The van der Waals surface area contributed by atoms with Crippen molar-refractivity contribution >= 4 is 29.9 Å². The molecule has 1 N–H and O–H groups in total. The summed E-state index contributed by atoms with van der Waals surface area (Å²) < 4.78 is 1.97. The first kappa shape index (κ1) is 22.7. The molecular weight excluding hydrogens is 461 g/mol. The van der Waals surface area contributed by atoms with Gasteiger partial charge in [0.1, 0.15) is 0 Å². The molecule has 0 radical (unpaired) electrons. The fourth-order valence-corrected chi connectivity index (χ4v) is 4.34. The van der Waals surface area contributed by atoms with Crippen LogP contribution in [0.25, 0.3) is 0 Å². The van der Waals surface area contributed by atoms with E-state index in [9.17, 15) is 0 Å². The number of nitrogens with one attached hydrogen (secondary N) is 1. The van der Waals surface area contributed by atoms with Crippen LogP contribution < -0.4 is 5.32 Å². The average molecular weight is 495 g/mol. The van der Waals surface area contributed by atoms with Crippen molar-refractivity contribution in [1.29, 1.82) is 0 Å². The van der Waals surface area contributed by atoms with E-state index in [1.54, 1.807) is 0 Å². The number of nitrogens with zero attached hydrogens (tertiary/aromatic N) is 4. The molecule has 154 valence electrons. The zero-order valence-electron chi connectivity index (χ0n) is 17.8. The van der Waals surface area contributed by atoms with Crippen LogP contribution in [0, 0.1) is 19.8 Å². The quantitative estimate of drug-likeness (QED) is 0.398. The van der Waals surface area contributed by atoms with Gasteiger partial charge >= 0.3 is 0 Å². The summed E-state index contributed by atoms with van der Waals surface area (Å²) in [6.07, 6.45) is 2.15. The number of guanidine groups is 1. The molecule has 2 atom stereocenters. The summed E-state index contributed by atoms with van der Waals surface area (Å²) in [6, 6.07) is 10.9. The minimum atomic E-state index is 0. The van der Waals surface area contributed by atoms with Gasteiger partial charge in [-0.1, -0.05) is 37.3 Å². The van der Waals surface area contributed by atoms with Crippen LogP contribution in [0.5, 0.6) is 0 Å². The first-order chi connectivity index (χ1) is 13.0. The highest BCUT2D eigenvalue weighted by Gasteiger charge is 2.28. The van der Waals surface area contributed by atoms with Gasteiger partial charge < -0.3 is 10.2 Å². The van der Waals surface area contributed by atoms with Gasteiger partial charge in [-0.3, -0.25) is 9.67 Å². The Morgan fingerprint density at radius 2 is 1.96 bits per heavy atom. The highest BCUT2D eigenvalue weighted by atomic mass is 127. The molecule has 3 rings (SSSR count). The van der Waals surface area contributed by atoms with Gasteiger partial charge in [0, 0.05) is 39.4 Å². The number of benzene rings is 1. The SMILES string of the molecule is CN=C(NCCc1c(C)nn(C)c1C)N1CCC(c2ccccc2)C(C)C1.I. The smallest absolute Gasteiger partial charge is 0.193 e. The van der Waals surface area contributed by atoms with Gasteiger partial charge in [0.25, 0.3) is 0 Å². The van der Waals surface area contributed by atoms with Gasteiger partial charge in [-0.25, -0.2) is 0 Å². The molecule has 0 amide bonds. The van der Waals surface area contributed by atoms with Crippen LogP contribution in [0.1, 0.15) is 41.8 Å². The van der Waals surface area contributed by atoms with E-state index < -0.39 is 0 Å². The molecule has 2 aromatic rings. The topological polar surface area (TPSA) is 45.5 Å². The number of piperidine rings is 1. The number of hydrogen-bond donors (Lipinski definition) is 1. The number of halogens is 1. The molecule has 1 aliphatic rings. The summed E-state index contributed by atoms with van der Waals surface area (Å²) in [4.78, 5) is 6.95. The van der Waals surface area contributed by atoms with Gasteiger partial charge in [-0.2, -0.15) is 5.10 Å².